The third kappa shape index (κ3) is 3.65. The molecule has 1 heterocycles. The van der Waals surface area contributed by atoms with Crippen LogP contribution in [0, 0.1) is 0 Å². The Bertz CT molecular complexity index is 894. The molecule has 1 aliphatic rings. The van der Waals surface area contributed by atoms with E-state index < -0.39 is 0 Å². The molecule has 0 radical (unpaired) electrons. The van der Waals surface area contributed by atoms with Gasteiger partial charge >= 0.3 is 0 Å². The van der Waals surface area contributed by atoms with E-state index >= 15 is 0 Å². The highest BCUT2D eigenvalue weighted by Gasteiger charge is 2.21. The Hall–Kier alpha value is -2.60. The van der Waals surface area contributed by atoms with E-state index in [1.165, 1.54) is 22.9 Å². The van der Waals surface area contributed by atoms with Crippen molar-refractivity contribution in [3.05, 3.63) is 72.1 Å². The Kier molecular flexibility index (Phi) is 5.02. The fourth-order valence-corrected chi connectivity index (χ4v) is 4.10. The van der Waals surface area contributed by atoms with Gasteiger partial charge in [-0.15, -0.1) is 10.2 Å². The zero-order chi connectivity index (χ0) is 17.8. The molecule has 1 amide bonds. The first-order chi connectivity index (χ1) is 12.8. The van der Waals surface area contributed by atoms with Crippen LogP contribution in [0.5, 0.6) is 0 Å². The van der Waals surface area contributed by atoms with Crippen LogP contribution in [0.25, 0.3) is 5.69 Å². The standard InChI is InChI=1S/C20H20N4OS/c25-19(22-18-12-6-8-15-7-4-5-11-17(15)18)13-26-20-23-21-14-24(20)16-9-2-1-3-10-16/h1-5,7,9-11,14,18H,6,8,12-13H2,(H,22,25)/t18-/m1/s1. The topological polar surface area (TPSA) is 59.8 Å². The van der Waals surface area contributed by atoms with Gasteiger partial charge in [-0.05, 0) is 42.5 Å². The van der Waals surface area contributed by atoms with Crippen LogP contribution in [-0.4, -0.2) is 26.4 Å². The number of amides is 1. The van der Waals surface area contributed by atoms with E-state index in [1.807, 2.05) is 41.0 Å². The summed E-state index contributed by atoms with van der Waals surface area (Å²) in [7, 11) is 0. The molecule has 132 valence electrons. The molecule has 0 spiro atoms. The Morgan fingerprint density at radius 1 is 1.15 bits per heavy atom. The maximum absolute atomic E-state index is 12.5. The summed E-state index contributed by atoms with van der Waals surface area (Å²) in [6.45, 7) is 0. The van der Waals surface area contributed by atoms with Crippen molar-refractivity contribution in [2.45, 2.75) is 30.5 Å². The van der Waals surface area contributed by atoms with Crippen LogP contribution < -0.4 is 5.32 Å². The minimum Gasteiger partial charge on any atom is -0.349 e. The number of aryl methyl sites for hydroxylation is 1. The monoisotopic (exact) mass is 364 g/mol. The van der Waals surface area contributed by atoms with Gasteiger partial charge in [0.1, 0.15) is 6.33 Å². The molecule has 0 saturated heterocycles. The average Bonchev–Trinajstić information content (AvgIpc) is 3.16. The number of hydrogen-bond donors (Lipinski definition) is 1. The molecule has 26 heavy (non-hydrogen) atoms. The predicted molar refractivity (Wildman–Crippen MR) is 102 cm³/mol. The van der Waals surface area contributed by atoms with Gasteiger partial charge in [0.2, 0.25) is 5.91 Å². The molecular formula is C20H20N4OS. The van der Waals surface area contributed by atoms with E-state index in [4.69, 9.17) is 0 Å². The molecular weight excluding hydrogens is 344 g/mol. The molecule has 6 heteroatoms. The quantitative estimate of drug-likeness (QED) is 0.704. The van der Waals surface area contributed by atoms with Gasteiger partial charge in [-0.3, -0.25) is 9.36 Å². The number of benzene rings is 2. The summed E-state index contributed by atoms with van der Waals surface area (Å²) in [6.07, 6.45) is 4.87. The Labute approximate surface area is 156 Å². The minimum absolute atomic E-state index is 0.0271. The molecule has 0 saturated carbocycles. The van der Waals surface area contributed by atoms with Crippen molar-refractivity contribution >= 4 is 17.7 Å². The van der Waals surface area contributed by atoms with Crippen molar-refractivity contribution in [3.8, 4) is 5.69 Å². The van der Waals surface area contributed by atoms with Crippen LogP contribution in [0.2, 0.25) is 0 Å². The first kappa shape index (κ1) is 16.8. The highest BCUT2D eigenvalue weighted by Crippen LogP contribution is 2.29. The second-order valence-electron chi connectivity index (χ2n) is 6.32. The second-order valence-corrected chi connectivity index (χ2v) is 7.26. The highest BCUT2D eigenvalue weighted by molar-refractivity contribution is 7.99. The van der Waals surface area contributed by atoms with Gasteiger partial charge < -0.3 is 5.32 Å². The Morgan fingerprint density at radius 2 is 1.96 bits per heavy atom. The average molecular weight is 364 g/mol. The van der Waals surface area contributed by atoms with Crippen LogP contribution >= 0.6 is 11.8 Å². The molecule has 5 nitrogen and oxygen atoms in total. The summed E-state index contributed by atoms with van der Waals surface area (Å²) in [6, 6.07) is 18.4. The summed E-state index contributed by atoms with van der Waals surface area (Å²) in [5, 5.41) is 12.0. The summed E-state index contributed by atoms with van der Waals surface area (Å²) in [5.74, 6) is 0.351. The third-order valence-corrected chi connectivity index (χ3v) is 5.53. The maximum Gasteiger partial charge on any atom is 0.230 e. The molecule has 1 aliphatic carbocycles. The molecule has 0 aliphatic heterocycles. The van der Waals surface area contributed by atoms with Crippen LogP contribution in [-0.2, 0) is 11.2 Å². The first-order valence-electron chi connectivity index (χ1n) is 8.76. The van der Waals surface area contributed by atoms with Crippen molar-refractivity contribution in [3.63, 3.8) is 0 Å². The Morgan fingerprint density at radius 3 is 2.85 bits per heavy atom. The molecule has 3 aromatic rings. The minimum atomic E-state index is 0.0271. The lowest BCUT2D eigenvalue weighted by Crippen LogP contribution is -2.32. The zero-order valence-corrected chi connectivity index (χ0v) is 15.2. The zero-order valence-electron chi connectivity index (χ0n) is 14.3. The molecule has 2 aromatic carbocycles. The largest absolute Gasteiger partial charge is 0.349 e. The number of hydrogen-bond acceptors (Lipinski definition) is 4. The number of nitrogens with zero attached hydrogens (tertiary/aromatic N) is 3. The molecule has 0 unspecified atom stereocenters. The Balaban J connectivity index is 1.40. The fraction of sp³-hybridized carbons (Fsp3) is 0.250. The van der Waals surface area contributed by atoms with Gasteiger partial charge in [-0.1, -0.05) is 54.2 Å². The normalized spacial score (nSPS) is 16.1. The summed E-state index contributed by atoms with van der Waals surface area (Å²) >= 11 is 1.40. The van der Waals surface area contributed by atoms with E-state index in [0.717, 1.165) is 30.1 Å². The van der Waals surface area contributed by atoms with Gasteiger partial charge in [0, 0.05) is 5.69 Å². The fourth-order valence-electron chi connectivity index (χ4n) is 3.36. The van der Waals surface area contributed by atoms with E-state index in [0.29, 0.717) is 5.75 Å². The lowest BCUT2D eigenvalue weighted by molar-refractivity contribution is -0.119. The van der Waals surface area contributed by atoms with Crippen molar-refractivity contribution in [1.29, 1.82) is 0 Å². The van der Waals surface area contributed by atoms with Gasteiger partial charge in [0.25, 0.3) is 0 Å². The molecule has 1 atom stereocenters. The smallest absolute Gasteiger partial charge is 0.230 e. The van der Waals surface area contributed by atoms with Crippen molar-refractivity contribution in [2.24, 2.45) is 0 Å². The van der Waals surface area contributed by atoms with Crippen molar-refractivity contribution in [2.75, 3.05) is 5.75 Å². The molecule has 4 rings (SSSR count). The van der Waals surface area contributed by atoms with Crippen LogP contribution in [0.15, 0.2) is 66.1 Å². The van der Waals surface area contributed by atoms with E-state index in [9.17, 15) is 4.79 Å². The lowest BCUT2D eigenvalue weighted by atomic mass is 9.88. The van der Waals surface area contributed by atoms with Crippen LogP contribution in [0.4, 0.5) is 0 Å². The SMILES string of the molecule is O=C(CSc1nncn1-c1ccccc1)N[C@@H]1CCCc2ccccc21. The molecule has 1 aromatic heterocycles. The van der Waals surface area contributed by atoms with E-state index in [-0.39, 0.29) is 11.9 Å². The lowest BCUT2D eigenvalue weighted by Gasteiger charge is -2.26. The maximum atomic E-state index is 12.5. The second kappa shape index (κ2) is 7.74. The summed E-state index contributed by atoms with van der Waals surface area (Å²) in [4.78, 5) is 12.5. The third-order valence-electron chi connectivity index (χ3n) is 4.59. The van der Waals surface area contributed by atoms with Crippen molar-refractivity contribution in [1.82, 2.24) is 20.1 Å². The number of nitrogens with one attached hydrogen (secondary N) is 1. The molecule has 1 N–H and O–H groups in total. The number of fused-ring (bicyclic) bond motifs is 1. The van der Waals surface area contributed by atoms with Crippen molar-refractivity contribution < 1.29 is 4.79 Å². The van der Waals surface area contributed by atoms with Gasteiger partial charge in [0.05, 0.1) is 11.8 Å². The number of thioether (sulfide) groups is 1. The molecule has 0 bridgehead atoms. The number of rotatable bonds is 5. The number of carbonyl (C=O) groups is 1. The predicted octanol–water partition coefficient (Wildman–Crippen LogP) is 3.55. The van der Waals surface area contributed by atoms with Crippen LogP contribution in [0.1, 0.15) is 30.0 Å². The first-order valence-corrected chi connectivity index (χ1v) is 9.75. The van der Waals surface area contributed by atoms with Gasteiger partial charge in [-0.25, -0.2) is 0 Å². The molecule has 0 fully saturated rings. The van der Waals surface area contributed by atoms with Gasteiger partial charge in [-0.2, -0.15) is 0 Å². The number of para-hydroxylation sites is 1. The number of carbonyl (C=O) groups excluding carboxylic acids is 1. The van der Waals surface area contributed by atoms with E-state index in [2.05, 4.69) is 33.7 Å². The number of aromatic nitrogens is 3. The highest BCUT2D eigenvalue weighted by atomic mass is 32.2. The van der Waals surface area contributed by atoms with E-state index in [1.54, 1.807) is 6.33 Å². The summed E-state index contributed by atoms with van der Waals surface area (Å²) in [5.41, 5.74) is 3.59. The van der Waals surface area contributed by atoms with Crippen LogP contribution in [0.3, 0.4) is 0 Å². The van der Waals surface area contributed by atoms with Gasteiger partial charge in [0.15, 0.2) is 5.16 Å². The summed E-state index contributed by atoms with van der Waals surface area (Å²) < 4.78 is 1.90.